The van der Waals surface area contributed by atoms with Crippen molar-refractivity contribution in [3.63, 3.8) is 0 Å². The predicted octanol–water partition coefficient (Wildman–Crippen LogP) is 7.93. The van der Waals surface area contributed by atoms with E-state index in [9.17, 15) is 27.4 Å². The van der Waals surface area contributed by atoms with Crippen LogP contribution in [0.15, 0.2) is 0 Å². The number of methoxy groups -OCH3 is 1. The highest BCUT2D eigenvalue weighted by atomic mass is 32.2. The molecule has 0 saturated heterocycles. The summed E-state index contributed by atoms with van der Waals surface area (Å²) in [5, 5.41) is 5.84. The number of carbonyl (C=O) groups excluding carboxylic acids is 3. The number of amides is 2. The second-order valence-electron chi connectivity index (χ2n) is 15.1. The minimum Gasteiger partial charge on any atom is -0.748 e. The van der Waals surface area contributed by atoms with Crippen LogP contribution < -0.4 is 10.6 Å². The Morgan fingerprint density at radius 2 is 1.06 bits per heavy atom. The van der Waals surface area contributed by atoms with Gasteiger partial charge in [-0.3, -0.25) is 9.59 Å². The van der Waals surface area contributed by atoms with Crippen molar-refractivity contribution in [1.29, 1.82) is 0 Å². The molecule has 11 heteroatoms. The predicted molar refractivity (Wildman–Crippen MR) is 204 cm³/mol. The number of quaternary nitrogens is 1. The fourth-order valence-electron chi connectivity index (χ4n) is 6.42. The first-order valence-electron chi connectivity index (χ1n) is 20.3. The van der Waals surface area contributed by atoms with Crippen LogP contribution in [0.5, 0.6) is 0 Å². The van der Waals surface area contributed by atoms with E-state index in [1.165, 1.54) is 77.7 Å². The van der Waals surface area contributed by atoms with Crippen molar-refractivity contribution in [2.45, 2.75) is 186 Å². The van der Waals surface area contributed by atoms with E-state index in [1.54, 1.807) is 0 Å². The van der Waals surface area contributed by atoms with Crippen LogP contribution in [0.25, 0.3) is 0 Å². The average molecular weight is 732 g/mol. The van der Waals surface area contributed by atoms with E-state index in [2.05, 4.69) is 31.7 Å². The number of hydrogen-bond acceptors (Lipinski definition) is 7. The van der Waals surface area contributed by atoms with Crippen molar-refractivity contribution in [2.75, 3.05) is 46.6 Å². The fourth-order valence-corrected chi connectivity index (χ4v) is 6.90. The summed E-state index contributed by atoms with van der Waals surface area (Å²) in [7, 11) is 1.35. The summed E-state index contributed by atoms with van der Waals surface area (Å²) >= 11 is 0. The van der Waals surface area contributed by atoms with Crippen LogP contribution in [0.1, 0.15) is 180 Å². The molecule has 0 aliphatic carbocycles. The Morgan fingerprint density at radius 1 is 0.620 bits per heavy atom. The summed E-state index contributed by atoms with van der Waals surface area (Å²) in [4.78, 5) is 36.9. The molecule has 0 spiro atoms. The van der Waals surface area contributed by atoms with Gasteiger partial charge in [-0.15, -0.1) is 0 Å². The summed E-state index contributed by atoms with van der Waals surface area (Å²) in [6.07, 6.45) is 28.5. The number of esters is 1. The minimum atomic E-state index is -4.13. The van der Waals surface area contributed by atoms with E-state index in [1.807, 2.05) is 0 Å². The number of nitrogens with zero attached hydrogens (tertiary/aromatic N) is 1. The average Bonchev–Trinajstić information content (AvgIpc) is 3.05. The number of carbonyl (C=O) groups is 3. The van der Waals surface area contributed by atoms with Gasteiger partial charge in [-0.1, -0.05) is 116 Å². The van der Waals surface area contributed by atoms with Gasteiger partial charge in [0.05, 0.1) is 44.4 Å². The molecule has 296 valence electrons. The first-order chi connectivity index (χ1) is 23.9. The van der Waals surface area contributed by atoms with Crippen LogP contribution in [-0.4, -0.2) is 87.9 Å². The molecule has 0 bridgehead atoms. The molecule has 2 amide bonds. The second kappa shape index (κ2) is 32.0. The largest absolute Gasteiger partial charge is 0.748 e. The van der Waals surface area contributed by atoms with E-state index >= 15 is 0 Å². The van der Waals surface area contributed by atoms with Crippen LogP contribution in [0, 0.1) is 0 Å². The van der Waals surface area contributed by atoms with Gasteiger partial charge in [0.2, 0.25) is 11.8 Å². The lowest BCUT2D eigenvalue weighted by Crippen LogP contribution is -2.41. The monoisotopic (exact) mass is 732 g/mol. The fraction of sp³-hybridized carbons (Fsp3) is 0.923. The van der Waals surface area contributed by atoms with Gasteiger partial charge in [-0.05, 0) is 44.9 Å². The molecule has 0 fully saturated rings. The van der Waals surface area contributed by atoms with Crippen molar-refractivity contribution in [1.82, 2.24) is 10.6 Å². The van der Waals surface area contributed by atoms with Gasteiger partial charge in [0.15, 0.2) is 0 Å². The van der Waals surface area contributed by atoms with Gasteiger partial charge >= 0.3 is 5.97 Å². The third-order valence-electron chi connectivity index (χ3n) is 9.65. The smallest absolute Gasteiger partial charge is 0.328 e. The lowest BCUT2D eigenvalue weighted by molar-refractivity contribution is -0.890. The minimum absolute atomic E-state index is 0.0939. The summed E-state index contributed by atoms with van der Waals surface area (Å²) < 4.78 is 38.0. The third-order valence-corrected chi connectivity index (χ3v) is 10.4. The van der Waals surface area contributed by atoms with Crippen LogP contribution in [0.2, 0.25) is 0 Å². The van der Waals surface area contributed by atoms with Gasteiger partial charge in [-0.2, -0.15) is 0 Å². The maximum Gasteiger partial charge on any atom is 0.328 e. The molecule has 0 aromatic rings. The first kappa shape index (κ1) is 48.3. The Kier molecular flexibility index (Phi) is 30.9. The molecule has 1 atom stereocenters. The highest BCUT2D eigenvalue weighted by molar-refractivity contribution is 7.85. The van der Waals surface area contributed by atoms with Crippen molar-refractivity contribution < 1.29 is 36.6 Å². The Balaban J connectivity index is 3.81. The molecule has 0 aromatic heterocycles. The molecule has 2 N–H and O–H groups in total. The zero-order chi connectivity index (χ0) is 37.4. The molecule has 0 heterocycles. The van der Waals surface area contributed by atoms with Crippen LogP contribution in [-0.2, 0) is 29.2 Å². The molecule has 0 saturated carbocycles. The standard InChI is InChI=1S/C39H77N3O7S/c1-5-6-7-8-9-10-11-12-13-14-17-20-23-30-37(43)40-32-26-25-29-36(39(45)49-4)41-38(44)31-24-21-18-15-16-19-22-27-33-42(2,3)34-28-35-50(46,47)48/h36H,5-35H2,1-4H3,(H2-,40,41,43,44,46,47,48). The summed E-state index contributed by atoms with van der Waals surface area (Å²) in [6.45, 7) is 4.49. The van der Waals surface area contributed by atoms with Crippen LogP contribution in [0.4, 0.5) is 0 Å². The molecule has 1 unspecified atom stereocenters. The molecule has 10 nitrogen and oxygen atoms in total. The molecule has 50 heavy (non-hydrogen) atoms. The van der Waals surface area contributed by atoms with Crippen LogP contribution in [0.3, 0.4) is 0 Å². The maximum atomic E-state index is 12.5. The topological polar surface area (TPSA) is 142 Å². The van der Waals surface area contributed by atoms with E-state index in [4.69, 9.17) is 4.74 Å². The second-order valence-corrected chi connectivity index (χ2v) is 16.6. The van der Waals surface area contributed by atoms with Gasteiger partial charge in [0.1, 0.15) is 6.04 Å². The summed E-state index contributed by atoms with van der Waals surface area (Å²) in [6, 6.07) is -0.655. The van der Waals surface area contributed by atoms with Crippen molar-refractivity contribution in [3.8, 4) is 0 Å². The molecule has 0 aromatic carbocycles. The van der Waals surface area contributed by atoms with E-state index in [-0.39, 0.29) is 17.6 Å². The van der Waals surface area contributed by atoms with Crippen molar-refractivity contribution in [3.05, 3.63) is 0 Å². The number of rotatable bonds is 36. The van der Waals surface area contributed by atoms with Crippen molar-refractivity contribution in [2.24, 2.45) is 0 Å². The lowest BCUT2D eigenvalue weighted by atomic mass is 10.0. The Bertz CT molecular complexity index is 959. The van der Waals surface area contributed by atoms with Gasteiger partial charge in [0.25, 0.3) is 0 Å². The third kappa shape index (κ3) is 33.4. The first-order valence-corrected chi connectivity index (χ1v) is 21.9. The highest BCUT2D eigenvalue weighted by Crippen LogP contribution is 2.14. The highest BCUT2D eigenvalue weighted by Gasteiger charge is 2.21. The van der Waals surface area contributed by atoms with E-state index in [0.29, 0.717) is 45.2 Å². The number of nitrogens with one attached hydrogen (secondary N) is 2. The Hall–Kier alpha value is -1.72. The number of hydrogen-bond donors (Lipinski definition) is 2. The Morgan fingerprint density at radius 3 is 1.54 bits per heavy atom. The molecule has 0 aliphatic heterocycles. The van der Waals surface area contributed by atoms with Gasteiger partial charge in [-0.25, -0.2) is 13.2 Å². The normalized spacial score (nSPS) is 12.5. The van der Waals surface area contributed by atoms with Crippen LogP contribution >= 0.6 is 0 Å². The maximum absolute atomic E-state index is 12.5. The number of unbranched alkanes of at least 4 members (excludes halogenated alkanes) is 20. The van der Waals surface area contributed by atoms with Crippen molar-refractivity contribution >= 4 is 27.9 Å². The van der Waals surface area contributed by atoms with Gasteiger partial charge < -0.3 is 24.4 Å². The molecule has 0 radical (unpaired) electrons. The van der Waals surface area contributed by atoms with E-state index in [0.717, 1.165) is 81.7 Å². The molecular weight excluding hydrogens is 655 g/mol. The van der Waals surface area contributed by atoms with E-state index < -0.39 is 22.1 Å². The summed E-state index contributed by atoms with van der Waals surface area (Å²) in [5.41, 5.74) is 0. The Labute approximate surface area is 307 Å². The summed E-state index contributed by atoms with van der Waals surface area (Å²) in [5.74, 6) is -0.747. The quantitative estimate of drug-likeness (QED) is 0.0289. The van der Waals surface area contributed by atoms with Gasteiger partial charge in [0, 0.05) is 31.6 Å². The zero-order valence-corrected chi connectivity index (χ0v) is 33.5. The molecular formula is C39H77N3O7S. The molecule has 0 aliphatic rings. The lowest BCUT2D eigenvalue weighted by Gasteiger charge is -2.30. The molecule has 0 rings (SSSR count). The number of ether oxygens (including phenoxy) is 1. The zero-order valence-electron chi connectivity index (χ0n) is 32.7. The SMILES string of the molecule is CCCCCCCCCCCCCCCC(=O)NCCCCC(NC(=O)CCCCCCCCCC[N+](C)(C)CCCS(=O)(=O)[O-])C(=O)OC.